The maximum atomic E-state index is 12.0. The number of hydrogen-bond acceptors (Lipinski definition) is 13. The molecular formula is C22H22N6O6S3. The fourth-order valence-electron chi connectivity index (χ4n) is 2.60. The molecule has 0 atom stereocenters. The molecule has 2 aromatic carbocycles. The Balaban J connectivity index is 1.39. The van der Waals surface area contributed by atoms with Crippen molar-refractivity contribution >= 4 is 59.1 Å². The highest BCUT2D eigenvalue weighted by atomic mass is 32.2. The summed E-state index contributed by atoms with van der Waals surface area (Å²) in [6.45, 7) is 0. The van der Waals surface area contributed by atoms with E-state index in [-0.39, 0.29) is 34.8 Å². The molecule has 4 N–H and O–H groups in total. The smallest absolute Gasteiger partial charge is 0.250 e. The lowest BCUT2D eigenvalue weighted by Crippen LogP contribution is -2.19. The molecule has 0 spiro atoms. The molecule has 1 heterocycles. The van der Waals surface area contributed by atoms with Crippen molar-refractivity contribution in [1.82, 2.24) is 21.0 Å². The third kappa shape index (κ3) is 8.37. The molecule has 0 aliphatic carbocycles. The fourth-order valence-corrected chi connectivity index (χ4v) is 5.20. The topological polar surface area (TPSA) is 168 Å². The quantitative estimate of drug-likeness (QED) is 0.146. The number of phenolic OH excluding ortho intramolecular Hbond substituents is 2. The summed E-state index contributed by atoms with van der Waals surface area (Å²) in [5.41, 5.74) is 5.54. The van der Waals surface area contributed by atoms with E-state index in [2.05, 4.69) is 31.3 Å². The summed E-state index contributed by atoms with van der Waals surface area (Å²) in [5.74, 6) is -0.190. The van der Waals surface area contributed by atoms with Gasteiger partial charge in [0.05, 0.1) is 38.2 Å². The maximum Gasteiger partial charge on any atom is 0.250 e. The van der Waals surface area contributed by atoms with Gasteiger partial charge >= 0.3 is 0 Å². The number of thioether (sulfide) groups is 2. The van der Waals surface area contributed by atoms with Crippen LogP contribution in [0.4, 0.5) is 0 Å². The number of rotatable bonds is 12. The predicted octanol–water partition coefficient (Wildman–Crippen LogP) is 2.45. The number of benzene rings is 2. The van der Waals surface area contributed by atoms with Crippen molar-refractivity contribution in [3.05, 3.63) is 47.5 Å². The normalized spacial score (nSPS) is 11.1. The first-order valence-electron chi connectivity index (χ1n) is 10.4. The minimum atomic E-state index is -0.368. The molecule has 0 aliphatic heterocycles. The zero-order valence-electron chi connectivity index (χ0n) is 19.6. The molecule has 3 rings (SSSR count). The van der Waals surface area contributed by atoms with E-state index in [1.165, 1.54) is 61.5 Å². The van der Waals surface area contributed by atoms with Crippen molar-refractivity contribution in [1.29, 1.82) is 0 Å². The first kappa shape index (κ1) is 27.8. The van der Waals surface area contributed by atoms with Crippen LogP contribution in [0.15, 0.2) is 55.3 Å². The molecule has 2 amide bonds. The number of carbonyl (C=O) groups is 2. The lowest BCUT2D eigenvalue weighted by molar-refractivity contribution is -0.119. The van der Waals surface area contributed by atoms with Gasteiger partial charge in [0.2, 0.25) is 0 Å². The molecule has 1 aromatic heterocycles. The number of nitrogens with zero attached hydrogens (tertiary/aromatic N) is 4. The van der Waals surface area contributed by atoms with Crippen LogP contribution >= 0.6 is 34.9 Å². The number of nitrogens with one attached hydrogen (secondary N) is 2. The summed E-state index contributed by atoms with van der Waals surface area (Å²) in [6, 6.07) is 9.84. The highest BCUT2D eigenvalue weighted by Crippen LogP contribution is 2.30. The minimum Gasteiger partial charge on any atom is -0.504 e. The maximum absolute atomic E-state index is 12.0. The molecule has 0 radical (unpaired) electrons. The van der Waals surface area contributed by atoms with Crippen molar-refractivity contribution in [3.8, 4) is 23.0 Å². The standard InChI is InChI=1S/C22H22N6O6S3/c1-33-15-7-3-5-13(19(15)31)9-23-25-17(29)11-35-21-27-28-22(37-21)36-12-18(30)26-24-10-14-6-4-8-16(34-2)20(14)32/h3-10,31-32H,11-12H2,1-2H3,(H,25,29)(H,26,30)/b23-9-,24-10-. The summed E-state index contributed by atoms with van der Waals surface area (Å²) >= 11 is 3.59. The third-order valence-corrected chi connectivity index (χ3v) is 7.52. The predicted molar refractivity (Wildman–Crippen MR) is 142 cm³/mol. The average molecular weight is 563 g/mol. The summed E-state index contributed by atoms with van der Waals surface area (Å²) in [6.07, 6.45) is 2.63. The van der Waals surface area contributed by atoms with E-state index in [1.807, 2.05) is 0 Å². The first-order chi connectivity index (χ1) is 17.9. The minimum absolute atomic E-state index is 0.0487. The van der Waals surface area contributed by atoms with E-state index in [0.29, 0.717) is 31.3 Å². The van der Waals surface area contributed by atoms with Gasteiger partial charge in [0.25, 0.3) is 11.8 Å². The molecule has 0 unspecified atom stereocenters. The summed E-state index contributed by atoms with van der Waals surface area (Å²) < 4.78 is 11.2. The van der Waals surface area contributed by atoms with Gasteiger partial charge in [0.15, 0.2) is 31.7 Å². The van der Waals surface area contributed by atoms with Crippen molar-refractivity contribution in [2.45, 2.75) is 8.68 Å². The lowest BCUT2D eigenvalue weighted by Gasteiger charge is -2.04. The van der Waals surface area contributed by atoms with E-state index >= 15 is 0 Å². The van der Waals surface area contributed by atoms with Crippen LogP contribution in [0, 0.1) is 0 Å². The van der Waals surface area contributed by atoms with Crippen LogP contribution < -0.4 is 20.3 Å². The van der Waals surface area contributed by atoms with E-state index in [4.69, 9.17) is 9.47 Å². The molecule has 194 valence electrons. The molecule has 3 aromatic rings. The number of aromatic hydroxyl groups is 2. The van der Waals surface area contributed by atoms with Crippen molar-refractivity contribution in [2.75, 3.05) is 25.7 Å². The van der Waals surface area contributed by atoms with Crippen molar-refractivity contribution < 1.29 is 29.3 Å². The van der Waals surface area contributed by atoms with Crippen LogP contribution in [0.5, 0.6) is 23.0 Å². The van der Waals surface area contributed by atoms with Gasteiger partial charge < -0.3 is 19.7 Å². The highest BCUT2D eigenvalue weighted by Gasteiger charge is 2.11. The van der Waals surface area contributed by atoms with Gasteiger partial charge in [-0.05, 0) is 24.3 Å². The third-order valence-electron chi connectivity index (χ3n) is 4.33. The van der Waals surface area contributed by atoms with Crippen molar-refractivity contribution in [3.63, 3.8) is 0 Å². The summed E-state index contributed by atoms with van der Waals surface area (Å²) in [5, 5.41) is 35.7. The Bertz CT molecular complexity index is 1200. The average Bonchev–Trinajstić information content (AvgIpc) is 3.36. The summed E-state index contributed by atoms with van der Waals surface area (Å²) in [4.78, 5) is 24.1. The lowest BCUT2D eigenvalue weighted by atomic mass is 10.2. The second-order valence-corrected chi connectivity index (χ2v) is 10.2. The number of amides is 2. The molecule has 0 aliphatic rings. The molecule has 37 heavy (non-hydrogen) atoms. The first-order valence-corrected chi connectivity index (χ1v) is 13.1. The van der Waals surface area contributed by atoms with E-state index in [1.54, 1.807) is 36.4 Å². The molecule has 0 saturated heterocycles. The fraction of sp³-hybridized carbons (Fsp3) is 0.182. The van der Waals surface area contributed by atoms with Crippen LogP contribution in [0.25, 0.3) is 0 Å². The Morgan fingerprint density at radius 1 is 0.865 bits per heavy atom. The number of aromatic nitrogens is 2. The van der Waals surface area contributed by atoms with E-state index < -0.39 is 0 Å². The van der Waals surface area contributed by atoms with Crippen molar-refractivity contribution in [2.24, 2.45) is 10.2 Å². The zero-order valence-corrected chi connectivity index (χ0v) is 22.0. The Hall–Kier alpha value is -3.82. The van der Waals surface area contributed by atoms with Gasteiger partial charge in [0, 0.05) is 11.1 Å². The Morgan fingerprint density at radius 2 is 1.30 bits per heavy atom. The number of hydrogen-bond donors (Lipinski definition) is 4. The second kappa shape index (κ2) is 14.1. The van der Waals surface area contributed by atoms with Gasteiger partial charge in [-0.15, -0.1) is 10.2 Å². The molecule has 12 nitrogen and oxygen atoms in total. The van der Waals surface area contributed by atoms with Gasteiger partial charge in [-0.3, -0.25) is 9.59 Å². The Morgan fingerprint density at radius 3 is 1.70 bits per heavy atom. The number of para-hydroxylation sites is 2. The molecule has 15 heteroatoms. The second-order valence-electron chi connectivity index (χ2n) is 6.79. The number of phenols is 2. The van der Waals surface area contributed by atoms with E-state index in [0.717, 1.165) is 0 Å². The van der Waals surface area contributed by atoms with Gasteiger partial charge in [-0.25, -0.2) is 10.9 Å². The monoisotopic (exact) mass is 562 g/mol. The number of ether oxygens (including phenoxy) is 2. The Labute approximate surface area is 224 Å². The van der Waals surface area contributed by atoms with Crippen LogP contribution in [0.2, 0.25) is 0 Å². The SMILES string of the molecule is COc1cccc(/C=N\NC(=O)CSc2nnc(SCC(=O)N/N=C\c3cccc(OC)c3O)s2)c1O. The number of hydrazone groups is 2. The molecular weight excluding hydrogens is 540 g/mol. The van der Waals surface area contributed by atoms with Crippen LogP contribution in [0.3, 0.4) is 0 Å². The highest BCUT2D eigenvalue weighted by molar-refractivity contribution is 8.03. The zero-order chi connectivity index (χ0) is 26.6. The summed E-state index contributed by atoms with van der Waals surface area (Å²) in [7, 11) is 2.88. The van der Waals surface area contributed by atoms with Crippen LogP contribution in [-0.2, 0) is 9.59 Å². The molecule has 0 bridgehead atoms. The van der Waals surface area contributed by atoms with Gasteiger partial charge in [0.1, 0.15) is 0 Å². The molecule has 0 fully saturated rings. The number of carbonyl (C=O) groups excluding carboxylic acids is 2. The largest absolute Gasteiger partial charge is 0.504 e. The van der Waals surface area contributed by atoms with E-state index in [9.17, 15) is 19.8 Å². The molecule has 0 saturated carbocycles. The van der Waals surface area contributed by atoms with Crippen LogP contribution in [0.1, 0.15) is 11.1 Å². The number of methoxy groups -OCH3 is 2. The van der Waals surface area contributed by atoms with Crippen LogP contribution in [-0.4, -0.2) is 70.4 Å². The van der Waals surface area contributed by atoms with Gasteiger partial charge in [-0.2, -0.15) is 10.2 Å². The van der Waals surface area contributed by atoms with Gasteiger partial charge in [-0.1, -0.05) is 47.0 Å². The Kier molecular flexibility index (Phi) is 10.5.